The van der Waals surface area contributed by atoms with E-state index in [1.165, 1.54) is 128 Å². The van der Waals surface area contributed by atoms with Gasteiger partial charge in [0.1, 0.15) is 19.8 Å². The molecule has 566 valence electrons. The topological polar surface area (TPSA) is 108 Å². The van der Waals surface area contributed by atoms with Crippen LogP contribution in [0.4, 0.5) is 0 Å². The number of nitrogens with zero attached hydrogens (tertiary/aromatic N) is 1. The number of carbonyl (C=O) groups excluding carboxylic acids is 2. The fourth-order valence-corrected chi connectivity index (χ4v) is 11.3. The van der Waals surface area contributed by atoms with Gasteiger partial charge in [-0.25, -0.2) is 4.57 Å². The molecule has 2 atom stereocenters. The van der Waals surface area contributed by atoms with E-state index < -0.39 is 26.5 Å². The highest BCUT2D eigenvalue weighted by atomic mass is 31.2. The lowest BCUT2D eigenvalue weighted by Gasteiger charge is -2.24. The first-order valence-electron chi connectivity index (χ1n) is 40.2. The summed E-state index contributed by atoms with van der Waals surface area (Å²) in [6.07, 6.45) is 121. The number of phosphoric ester groups is 1. The molecule has 9 nitrogen and oxygen atoms in total. The maximum absolute atomic E-state index is 12.9. The summed E-state index contributed by atoms with van der Waals surface area (Å²) < 4.78 is 34.8. The van der Waals surface area contributed by atoms with Gasteiger partial charge in [-0.3, -0.25) is 18.6 Å². The van der Waals surface area contributed by atoms with Gasteiger partial charge < -0.3 is 18.9 Å². The van der Waals surface area contributed by atoms with E-state index in [0.717, 1.165) is 148 Å². The maximum atomic E-state index is 12.9. The van der Waals surface area contributed by atoms with E-state index in [0.29, 0.717) is 17.4 Å². The first-order chi connectivity index (χ1) is 49.0. The Morgan fingerprint density at radius 2 is 0.540 bits per heavy atom. The van der Waals surface area contributed by atoms with Crippen LogP contribution in [0.15, 0.2) is 194 Å². The van der Waals surface area contributed by atoms with Crippen molar-refractivity contribution in [1.82, 2.24) is 0 Å². The SMILES string of the molecule is CC/C=C\C/C=C\C/C=C\C/C=C\C/C=C\C/C=C\C/C=C\C/C=C\C/C=C\CCCCCCCCCC(=O)OC(COC(=O)CCCCCCCCCCCCCCCCCCCCC/C=C\C/C=C\C/C=C\C/C=C\C/C=C\C/C=C\C/C=C\CC)COP(=O)(O)OCC[N+](C)(C)C. The maximum Gasteiger partial charge on any atom is 0.472 e. The number of allylic oxidation sites excluding steroid dienone is 32. The van der Waals surface area contributed by atoms with Crippen LogP contribution in [0.2, 0.25) is 0 Å². The van der Waals surface area contributed by atoms with Crippen molar-refractivity contribution in [3.8, 4) is 0 Å². The molecule has 0 aromatic carbocycles. The zero-order valence-corrected chi connectivity index (χ0v) is 65.5. The van der Waals surface area contributed by atoms with Gasteiger partial charge in [0.2, 0.25) is 0 Å². The van der Waals surface area contributed by atoms with Crippen molar-refractivity contribution in [2.75, 3.05) is 47.5 Å². The summed E-state index contributed by atoms with van der Waals surface area (Å²) in [5.41, 5.74) is 0. The molecule has 0 heterocycles. The van der Waals surface area contributed by atoms with Crippen molar-refractivity contribution >= 4 is 19.8 Å². The molecule has 0 bridgehead atoms. The minimum atomic E-state index is -4.41. The summed E-state index contributed by atoms with van der Waals surface area (Å²) in [5, 5.41) is 0. The molecule has 1 N–H and O–H groups in total. The normalized spacial score (nSPS) is 14.1. The lowest BCUT2D eigenvalue weighted by molar-refractivity contribution is -0.870. The van der Waals surface area contributed by atoms with Gasteiger partial charge in [-0.2, -0.15) is 0 Å². The second kappa shape index (κ2) is 78.0. The lowest BCUT2D eigenvalue weighted by atomic mass is 10.0. The Morgan fingerprint density at radius 3 is 0.800 bits per heavy atom. The third kappa shape index (κ3) is 81.8. The van der Waals surface area contributed by atoms with Crippen molar-refractivity contribution in [1.29, 1.82) is 0 Å². The highest BCUT2D eigenvalue weighted by Gasteiger charge is 2.27. The van der Waals surface area contributed by atoms with E-state index in [2.05, 4.69) is 208 Å². The van der Waals surface area contributed by atoms with Crippen molar-refractivity contribution < 1.29 is 42.1 Å². The highest BCUT2D eigenvalue weighted by Crippen LogP contribution is 2.43. The lowest BCUT2D eigenvalue weighted by Crippen LogP contribution is -2.37. The molecule has 0 amide bonds. The molecule has 0 fully saturated rings. The van der Waals surface area contributed by atoms with Crippen molar-refractivity contribution in [2.24, 2.45) is 0 Å². The molecular weight excluding hydrogens is 1250 g/mol. The summed E-state index contributed by atoms with van der Waals surface area (Å²) >= 11 is 0. The van der Waals surface area contributed by atoms with Crippen LogP contribution in [0.1, 0.15) is 309 Å². The quantitative estimate of drug-likeness (QED) is 0.0211. The van der Waals surface area contributed by atoms with Crippen LogP contribution >= 0.6 is 7.82 Å². The van der Waals surface area contributed by atoms with E-state index in [9.17, 15) is 19.0 Å². The number of rotatable bonds is 72. The summed E-state index contributed by atoms with van der Waals surface area (Å²) in [6, 6.07) is 0. The molecule has 0 aliphatic carbocycles. The van der Waals surface area contributed by atoms with Crippen LogP contribution in [-0.2, 0) is 32.7 Å². The first-order valence-corrected chi connectivity index (χ1v) is 41.7. The Hall–Kier alpha value is -5.15. The Morgan fingerprint density at radius 1 is 0.310 bits per heavy atom. The third-order valence-corrected chi connectivity index (χ3v) is 17.6. The van der Waals surface area contributed by atoms with Gasteiger partial charge >= 0.3 is 19.8 Å². The molecule has 0 rings (SSSR count). The first kappa shape index (κ1) is 94.8. The largest absolute Gasteiger partial charge is 0.472 e. The molecule has 0 radical (unpaired) electrons. The van der Waals surface area contributed by atoms with E-state index in [1.807, 2.05) is 21.1 Å². The predicted octanol–water partition coefficient (Wildman–Crippen LogP) is 27.2. The number of carbonyl (C=O) groups is 2. The minimum Gasteiger partial charge on any atom is -0.462 e. The molecular formula is C90H149NO8P+. The van der Waals surface area contributed by atoms with Gasteiger partial charge in [-0.05, 0) is 141 Å². The molecule has 100 heavy (non-hydrogen) atoms. The number of hydrogen-bond donors (Lipinski definition) is 1. The molecule has 2 unspecified atom stereocenters. The molecule has 0 saturated carbocycles. The number of hydrogen-bond acceptors (Lipinski definition) is 7. The fourth-order valence-electron chi connectivity index (χ4n) is 10.6. The Kier molecular flexibility index (Phi) is 74.0. The predicted molar refractivity (Wildman–Crippen MR) is 435 cm³/mol. The Balaban J connectivity index is 4.04. The van der Waals surface area contributed by atoms with Crippen LogP contribution in [0, 0.1) is 0 Å². The van der Waals surface area contributed by atoms with Gasteiger partial charge in [0.05, 0.1) is 27.7 Å². The molecule has 0 saturated heterocycles. The van der Waals surface area contributed by atoms with E-state index in [1.54, 1.807) is 0 Å². The Labute approximate surface area is 615 Å². The number of unbranched alkanes of at least 4 members (excludes halogenated alkanes) is 26. The van der Waals surface area contributed by atoms with Crippen LogP contribution in [0.3, 0.4) is 0 Å². The fraction of sp³-hybridized carbons (Fsp3) is 0.622. The number of likely N-dealkylation sites (N-methyl/N-ethyl adjacent to an activating group) is 1. The number of esters is 2. The van der Waals surface area contributed by atoms with Gasteiger partial charge in [0.15, 0.2) is 6.10 Å². The molecule has 0 aliphatic heterocycles. The van der Waals surface area contributed by atoms with Crippen LogP contribution in [0.5, 0.6) is 0 Å². The average Bonchev–Trinajstić information content (AvgIpc) is 1.65. The summed E-state index contributed by atoms with van der Waals surface area (Å²) in [4.78, 5) is 36.0. The van der Waals surface area contributed by atoms with Gasteiger partial charge in [0, 0.05) is 12.8 Å². The second-order valence-electron chi connectivity index (χ2n) is 27.3. The van der Waals surface area contributed by atoms with Gasteiger partial charge in [-0.1, -0.05) is 350 Å². The third-order valence-electron chi connectivity index (χ3n) is 16.6. The van der Waals surface area contributed by atoms with Crippen LogP contribution < -0.4 is 0 Å². The van der Waals surface area contributed by atoms with Gasteiger partial charge in [-0.15, -0.1) is 0 Å². The zero-order valence-electron chi connectivity index (χ0n) is 64.6. The van der Waals surface area contributed by atoms with E-state index in [4.69, 9.17) is 18.5 Å². The van der Waals surface area contributed by atoms with E-state index >= 15 is 0 Å². The monoisotopic (exact) mass is 1400 g/mol. The van der Waals surface area contributed by atoms with Crippen molar-refractivity contribution in [2.45, 2.75) is 315 Å². The summed E-state index contributed by atoms with van der Waals surface area (Å²) in [5.74, 6) is -0.813. The zero-order chi connectivity index (χ0) is 72.5. The standard InChI is InChI=1S/C90H148NO8P/c1-6-8-10-12-14-16-18-20-22-24-26-28-30-32-34-36-38-40-42-43-44-45-46-47-49-50-52-54-56-58-60-62-64-66-68-70-72-74-76-78-80-82-89(92)96-86-88(87-98-100(94,95)97-85-84-91(3,4)5)99-90(93)83-81-79-77-75-73-71-69-67-65-63-61-59-57-55-53-51-48-41-39-37-35-33-31-29-27-25-23-21-19-17-15-13-11-9-7-2/h8-11,14-17,20-23,26-29,32-35,38-41,43-44,51,53,57,59,63,65,88H,6-7,12-13,18-19,24-25,30-31,36-37,42,45-50,52,54-56,58,60-62,64,66-87H2,1-5H3/p+1/b10-8-,11-9-,16-14-,17-15-,22-20-,23-21-,28-26-,29-27-,34-32-,35-33-,40-38-,41-39-,44-43-,53-51-,59-57-,65-63-. The van der Waals surface area contributed by atoms with Crippen molar-refractivity contribution in [3.63, 3.8) is 0 Å². The van der Waals surface area contributed by atoms with E-state index in [-0.39, 0.29) is 32.0 Å². The summed E-state index contributed by atoms with van der Waals surface area (Å²) in [7, 11) is 1.45. The molecule has 0 aromatic heterocycles. The number of ether oxygens (including phenoxy) is 2. The van der Waals surface area contributed by atoms with Gasteiger partial charge in [0.25, 0.3) is 0 Å². The molecule has 0 aliphatic rings. The smallest absolute Gasteiger partial charge is 0.462 e. The average molecular weight is 1400 g/mol. The van der Waals surface area contributed by atoms with Crippen LogP contribution in [0.25, 0.3) is 0 Å². The molecule has 10 heteroatoms. The number of phosphoric acid groups is 1. The van der Waals surface area contributed by atoms with Crippen LogP contribution in [-0.4, -0.2) is 74.9 Å². The molecule has 0 spiro atoms. The summed E-state index contributed by atoms with van der Waals surface area (Å²) in [6.45, 7) is 4.19. The number of quaternary nitrogens is 1. The molecule has 0 aromatic rings. The second-order valence-corrected chi connectivity index (χ2v) is 28.8. The Bertz CT molecular complexity index is 2400. The highest BCUT2D eigenvalue weighted by molar-refractivity contribution is 7.47. The van der Waals surface area contributed by atoms with Crippen molar-refractivity contribution in [3.05, 3.63) is 194 Å². The minimum absolute atomic E-state index is 0.0214.